The van der Waals surface area contributed by atoms with Crippen LogP contribution in [0.15, 0.2) is 22.8 Å². The highest BCUT2D eigenvalue weighted by atomic mass is 32.2. The van der Waals surface area contributed by atoms with Crippen LogP contribution in [-0.2, 0) is 15.0 Å². The molecule has 1 aromatic heterocycles. The summed E-state index contributed by atoms with van der Waals surface area (Å²) < 4.78 is 34.4. The van der Waals surface area contributed by atoms with Gasteiger partial charge in [-0.1, -0.05) is 0 Å². The van der Waals surface area contributed by atoms with E-state index in [2.05, 4.69) is 4.72 Å². The number of nitrogens with zero attached hydrogens (tertiary/aromatic N) is 2. The van der Waals surface area contributed by atoms with Crippen molar-refractivity contribution in [1.29, 1.82) is 0 Å². The number of carbonyl (C=O) groups is 1. The smallest absolute Gasteiger partial charge is 0.280 e. The summed E-state index contributed by atoms with van der Waals surface area (Å²) in [4.78, 5) is 13.4. The largest absolute Gasteiger partial charge is 0.468 e. The van der Waals surface area contributed by atoms with Gasteiger partial charge in [-0.3, -0.25) is 4.79 Å². The van der Waals surface area contributed by atoms with Gasteiger partial charge in [-0.25, -0.2) is 0 Å². The van der Waals surface area contributed by atoms with Crippen molar-refractivity contribution in [2.75, 3.05) is 20.1 Å². The van der Waals surface area contributed by atoms with E-state index < -0.39 is 16.3 Å². The predicted molar refractivity (Wildman–Crippen MR) is 75.5 cm³/mol. The minimum atomic E-state index is -3.70. The maximum atomic E-state index is 12.5. The highest BCUT2D eigenvalue weighted by Crippen LogP contribution is 2.34. The lowest BCUT2D eigenvalue weighted by Crippen LogP contribution is -2.47. The number of likely N-dealkylation sites (N-methyl/N-ethyl adjacent to an activating group) is 1. The minimum absolute atomic E-state index is 0.174. The fourth-order valence-corrected chi connectivity index (χ4v) is 4.60. The van der Waals surface area contributed by atoms with E-state index in [-0.39, 0.29) is 11.9 Å². The summed E-state index contributed by atoms with van der Waals surface area (Å²) in [7, 11) is -2.02. The van der Waals surface area contributed by atoms with E-state index >= 15 is 0 Å². The Morgan fingerprint density at radius 1 is 1.33 bits per heavy atom. The Balaban J connectivity index is 1.76. The van der Waals surface area contributed by atoms with E-state index in [1.165, 1.54) is 4.31 Å². The predicted octanol–water partition coefficient (Wildman–Crippen LogP) is 0.482. The Morgan fingerprint density at radius 3 is 2.76 bits per heavy atom. The second kappa shape index (κ2) is 5.43. The van der Waals surface area contributed by atoms with Gasteiger partial charge in [0.1, 0.15) is 11.8 Å². The summed E-state index contributed by atoms with van der Waals surface area (Å²) in [5.74, 6) is 0.472. The third kappa shape index (κ3) is 2.70. The highest BCUT2D eigenvalue weighted by molar-refractivity contribution is 7.87. The zero-order valence-electron chi connectivity index (χ0n) is 11.9. The van der Waals surface area contributed by atoms with Gasteiger partial charge in [0, 0.05) is 20.1 Å². The molecule has 2 fully saturated rings. The number of rotatable bonds is 4. The molecule has 2 saturated heterocycles. The number of furan rings is 1. The van der Waals surface area contributed by atoms with E-state index in [9.17, 15) is 13.2 Å². The molecule has 3 rings (SSSR count). The molecule has 0 unspecified atom stereocenters. The Labute approximate surface area is 124 Å². The van der Waals surface area contributed by atoms with Gasteiger partial charge >= 0.3 is 0 Å². The summed E-state index contributed by atoms with van der Waals surface area (Å²) in [6.07, 6.45) is 3.56. The standard InChI is InChI=1S/C13H19N3O4S/c1-15-8-6-10(13(15)17)14-21(18,19)16-7-2-4-11(16)12-5-3-9-20-12/h3,5,9-11,14H,2,4,6-8H2,1H3/t10-,11+/m0/s1. The maximum Gasteiger partial charge on any atom is 0.280 e. The first-order valence-corrected chi connectivity index (χ1v) is 8.50. The van der Waals surface area contributed by atoms with Gasteiger partial charge in [0.05, 0.1) is 12.3 Å². The number of carbonyl (C=O) groups excluding carboxylic acids is 1. The molecule has 0 saturated carbocycles. The maximum absolute atomic E-state index is 12.5. The zero-order valence-corrected chi connectivity index (χ0v) is 12.7. The molecule has 1 N–H and O–H groups in total. The number of amides is 1. The Bertz CT molecular complexity index is 613. The average molecular weight is 313 g/mol. The quantitative estimate of drug-likeness (QED) is 0.876. The summed E-state index contributed by atoms with van der Waals surface area (Å²) in [5, 5.41) is 0. The third-order valence-electron chi connectivity index (χ3n) is 4.10. The van der Waals surface area contributed by atoms with E-state index in [1.54, 1.807) is 30.3 Å². The molecule has 116 valence electrons. The van der Waals surface area contributed by atoms with E-state index in [0.717, 1.165) is 12.8 Å². The van der Waals surface area contributed by atoms with Crippen molar-refractivity contribution >= 4 is 16.1 Å². The number of hydrogen-bond donors (Lipinski definition) is 1. The molecule has 3 heterocycles. The second-order valence-electron chi connectivity index (χ2n) is 5.51. The van der Waals surface area contributed by atoms with Crippen LogP contribution in [-0.4, -0.2) is 49.7 Å². The highest BCUT2D eigenvalue weighted by Gasteiger charge is 2.40. The Morgan fingerprint density at radius 2 is 2.14 bits per heavy atom. The molecule has 2 aliphatic heterocycles. The second-order valence-corrected chi connectivity index (χ2v) is 7.16. The van der Waals surface area contributed by atoms with Crippen LogP contribution < -0.4 is 4.72 Å². The molecule has 2 atom stereocenters. The molecule has 0 spiro atoms. The third-order valence-corrected chi connectivity index (χ3v) is 5.74. The van der Waals surface area contributed by atoms with Crippen LogP contribution in [0, 0.1) is 0 Å². The van der Waals surface area contributed by atoms with Crippen LogP contribution in [0.25, 0.3) is 0 Å². The molecule has 1 amide bonds. The lowest BCUT2D eigenvalue weighted by molar-refractivity contribution is -0.127. The lowest BCUT2D eigenvalue weighted by atomic mass is 10.2. The van der Waals surface area contributed by atoms with Crippen molar-refractivity contribution in [3.63, 3.8) is 0 Å². The molecule has 8 heteroatoms. The van der Waals surface area contributed by atoms with Gasteiger partial charge in [0.15, 0.2) is 0 Å². The SMILES string of the molecule is CN1CC[C@H](NS(=O)(=O)N2CCC[C@@H]2c2ccco2)C1=O. The first-order chi connectivity index (χ1) is 9.99. The van der Waals surface area contributed by atoms with Crippen molar-refractivity contribution in [3.8, 4) is 0 Å². The summed E-state index contributed by atoms with van der Waals surface area (Å²) in [6, 6.07) is 2.60. The van der Waals surface area contributed by atoms with Crippen LogP contribution in [0.3, 0.4) is 0 Å². The van der Waals surface area contributed by atoms with Crippen molar-refractivity contribution < 1.29 is 17.6 Å². The van der Waals surface area contributed by atoms with E-state index in [4.69, 9.17) is 4.42 Å². The summed E-state index contributed by atoms with van der Waals surface area (Å²) in [5.41, 5.74) is 0. The van der Waals surface area contributed by atoms with Crippen LogP contribution in [0.2, 0.25) is 0 Å². The molecule has 7 nitrogen and oxygen atoms in total. The van der Waals surface area contributed by atoms with E-state index in [1.807, 2.05) is 0 Å². The fraction of sp³-hybridized carbons (Fsp3) is 0.615. The van der Waals surface area contributed by atoms with Crippen molar-refractivity contribution in [1.82, 2.24) is 13.9 Å². The molecular weight excluding hydrogens is 294 g/mol. The molecular formula is C13H19N3O4S. The molecule has 0 aliphatic carbocycles. The average Bonchev–Trinajstić information content (AvgIpc) is 3.14. The van der Waals surface area contributed by atoms with Crippen LogP contribution in [0.1, 0.15) is 31.1 Å². The fourth-order valence-electron chi connectivity index (χ4n) is 2.97. The van der Waals surface area contributed by atoms with Gasteiger partial charge in [-0.2, -0.15) is 17.4 Å². The normalized spacial score (nSPS) is 27.7. The van der Waals surface area contributed by atoms with Gasteiger partial charge in [0.2, 0.25) is 5.91 Å². The van der Waals surface area contributed by atoms with Gasteiger partial charge in [-0.15, -0.1) is 0 Å². The Hall–Kier alpha value is -1.38. The molecule has 1 aromatic rings. The molecule has 2 aliphatic rings. The van der Waals surface area contributed by atoms with Crippen LogP contribution in [0.5, 0.6) is 0 Å². The topological polar surface area (TPSA) is 82.9 Å². The van der Waals surface area contributed by atoms with Gasteiger partial charge < -0.3 is 9.32 Å². The lowest BCUT2D eigenvalue weighted by Gasteiger charge is -2.24. The number of nitrogens with one attached hydrogen (secondary N) is 1. The van der Waals surface area contributed by atoms with Crippen molar-refractivity contribution in [3.05, 3.63) is 24.2 Å². The monoisotopic (exact) mass is 313 g/mol. The van der Waals surface area contributed by atoms with Crippen LogP contribution in [0.4, 0.5) is 0 Å². The Kier molecular flexibility index (Phi) is 3.76. The minimum Gasteiger partial charge on any atom is -0.468 e. The van der Waals surface area contributed by atoms with Gasteiger partial charge in [-0.05, 0) is 31.4 Å². The molecule has 0 bridgehead atoms. The van der Waals surface area contributed by atoms with Gasteiger partial charge in [0.25, 0.3) is 10.2 Å². The first-order valence-electron chi connectivity index (χ1n) is 7.06. The summed E-state index contributed by atoms with van der Waals surface area (Å²) >= 11 is 0. The summed E-state index contributed by atoms with van der Waals surface area (Å²) in [6.45, 7) is 1.02. The first kappa shape index (κ1) is 14.6. The number of hydrogen-bond acceptors (Lipinski definition) is 4. The molecule has 0 radical (unpaired) electrons. The zero-order chi connectivity index (χ0) is 15.0. The van der Waals surface area contributed by atoms with Crippen molar-refractivity contribution in [2.45, 2.75) is 31.3 Å². The van der Waals surface area contributed by atoms with Crippen LogP contribution >= 0.6 is 0 Å². The molecule has 21 heavy (non-hydrogen) atoms. The number of likely N-dealkylation sites (tertiary alicyclic amines) is 1. The molecule has 0 aromatic carbocycles. The van der Waals surface area contributed by atoms with Crippen molar-refractivity contribution in [2.24, 2.45) is 0 Å². The van der Waals surface area contributed by atoms with E-state index in [0.29, 0.717) is 25.3 Å².